The van der Waals surface area contributed by atoms with Gasteiger partial charge in [-0.15, -0.1) is 0 Å². The van der Waals surface area contributed by atoms with E-state index in [0.717, 1.165) is 18.5 Å². The fourth-order valence-electron chi connectivity index (χ4n) is 1.94. The second-order valence-corrected chi connectivity index (χ2v) is 4.42. The lowest BCUT2D eigenvalue weighted by Crippen LogP contribution is -2.47. The first-order chi connectivity index (χ1) is 8.20. The maximum atomic E-state index is 12.1. The van der Waals surface area contributed by atoms with Crippen molar-refractivity contribution in [1.29, 1.82) is 0 Å². The molecule has 0 bridgehead atoms. The highest BCUT2D eigenvalue weighted by molar-refractivity contribution is 5.92. The van der Waals surface area contributed by atoms with Crippen molar-refractivity contribution >= 4 is 17.4 Å². The Balaban J connectivity index is 2.06. The second-order valence-electron chi connectivity index (χ2n) is 4.42. The molecule has 1 saturated carbocycles. The molecule has 0 saturated heterocycles. The number of nitrogens with one attached hydrogen (secondary N) is 1. The number of benzene rings is 1. The van der Waals surface area contributed by atoms with Gasteiger partial charge in [0.05, 0.1) is 0 Å². The zero-order valence-electron chi connectivity index (χ0n) is 10.1. The minimum absolute atomic E-state index is 0.0252. The maximum Gasteiger partial charge on any atom is 0.322 e. The first kappa shape index (κ1) is 11.8. The van der Waals surface area contributed by atoms with Gasteiger partial charge in [-0.25, -0.2) is 4.79 Å². The van der Waals surface area contributed by atoms with Crippen LogP contribution in [0.2, 0.25) is 0 Å². The van der Waals surface area contributed by atoms with Gasteiger partial charge in [-0.2, -0.15) is 0 Å². The van der Waals surface area contributed by atoms with Gasteiger partial charge >= 0.3 is 6.03 Å². The van der Waals surface area contributed by atoms with Crippen molar-refractivity contribution in [3.05, 3.63) is 24.3 Å². The van der Waals surface area contributed by atoms with Crippen molar-refractivity contribution in [3.63, 3.8) is 0 Å². The van der Waals surface area contributed by atoms with Gasteiger partial charge in [0.2, 0.25) is 0 Å². The number of nitrogens with zero attached hydrogens (tertiary/aromatic N) is 1. The second kappa shape index (κ2) is 5.08. The summed E-state index contributed by atoms with van der Waals surface area (Å²) in [6, 6.07) is 7.75. The molecule has 4 heteroatoms. The van der Waals surface area contributed by atoms with E-state index in [1.165, 1.54) is 6.42 Å². The molecule has 2 amide bonds. The molecule has 1 aliphatic rings. The van der Waals surface area contributed by atoms with Gasteiger partial charge < -0.3 is 11.1 Å². The molecule has 0 atom stereocenters. The number of amides is 2. The summed E-state index contributed by atoms with van der Waals surface area (Å²) >= 11 is 0. The molecular weight excluding hydrogens is 214 g/mol. The highest BCUT2D eigenvalue weighted by Gasteiger charge is 2.22. The average molecular weight is 233 g/mol. The van der Waals surface area contributed by atoms with E-state index in [-0.39, 0.29) is 6.03 Å². The predicted molar refractivity (Wildman–Crippen MR) is 70.0 cm³/mol. The van der Waals surface area contributed by atoms with Crippen LogP contribution in [0.3, 0.4) is 0 Å². The van der Waals surface area contributed by atoms with Gasteiger partial charge in [-0.1, -0.05) is 6.07 Å². The van der Waals surface area contributed by atoms with Gasteiger partial charge in [-0.05, 0) is 44.4 Å². The van der Waals surface area contributed by atoms with Gasteiger partial charge in [0, 0.05) is 24.0 Å². The SMILES string of the molecule is CCN(C(=O)NC1CCC1)c1cccc(N)c1. The topological polar surface area (TPSA) is 58.4 Å². The number of carbonyl (C=O) groups is 1. The minimum atomic E-state index is -0.0252. The van der Waals surface area contributed by atoms with Crippen LogP contribution in [0.4, 0.5) is 16.2 Å². The van der Waals surface area contributed by atoms with Crippen molar-refractivity contribution in [1.82, 2.24) is 5.32 Å². The molecule has 0 radical (unpaired) electrons. The van der Waals surface area contributed by atoms with Crippen LogP contribution in [0.1, 0.15) is 26.2 Å². The molecule has 92 valence electrons. The van der Waals surface area contributed by atoms with Gasteiger partial charge in [0.25, 0.3) is 0 Å². The van der Waals surface area contributed by atoms with Crippen molar-refractivity contribution in [2.24, 2.45) is 0 Å². The first-order valence-electron chi connectivity index (χ1n) is 6.14. The molecule has 0 spiro atoms. The summed E-state index contributed by atoms with van der Waals surface area (Å²) in [6.07, 6.45) is 3.41. The molecule has 1 aliphatic carbocycles. The maximum absolute atomic E-state index is 12.1. The number of hydrogen-bond acceptors (Lipinski definition) is 2. The van der Waals surface area contributed by atoms with Crippen LogP contribution >= 0.6 is 0 Å². The molecule has 1 aromatic carbocycles. The Bertz CT molecular complexity index is 401. The molecule has 0 aliphatic heterocycles. The lowest BCUT2D eigenvalue weighted by molar-refractivity contribution is 0.234. The zero-order valence-corrected chi connectivity index (χ0v) is 10.1. The van der Waals surface area contributed by atoms with Crippen molar-refractivity contribution in [3.8, 4) is 0 Å². The fourth-order valence-corrected chi connectivity index (χ4v) is 1.94. The molecule has 0 aromatic heterocycles. The van der Waals surface area contributed by atoms with Crippen LogP contribution < -0.4 is 16.0 Å². The monoisotopic (exact) mass is 233 g/mol. The highest BCUT2D eigenvalue weighted by Crippen LogP contribution is 2.21. The smallest absolute Gasteiger partial charge is 0.322 e. The summed E-state index contributed by atoms with van der Waals surface area (Å²) in [7, 11) is 0. The van der Waals surface area contributed by atoms with E-state index in [9.17, 15) is 4.79 Å². The normalized spacial score (nSPS) is 15.1. The number of hydrogen-bond donors (Lipinski definition) is 2. The molecule has 0 heterocycles. The highest BCUT2D eigenvalue weighted by atomic mass is 16.2. The van der Waals surface area contributed by atoms with E-state index >= 15 is 0 Å². The first-order valence-corrected chi connectivity index (χ1v) is 6.14. The molecule has 3 N–H and O–H groups in total. The van der Waals surface area contributed by atoms with E-state index in [4.69, 9.17) is 5.73 Å². The molecular formula is C13H19N3O. The Morgan fingerprint density at radius 1 is 1.53 bits per heavy atom. The summed E-state index contributed by atoms with van der Waals surface area (Å²) in [4.78, 5) is 13.8. The molecule has 4 nitrogen and oxygen atoms in total. The lowest BCUT2D eigenvalue weighted by Gasteiger charge is -2.30. The predicted octanol–water partition coefficient (Wildman–Crippen LogP) is 2.36. The van der Waals surface area contributed by atoms with E-state index in [2.05, 4.69) is 5.32 Å². The van der Waals surface area contributed by atoms with Crippen molar-refractivity contribution in [2.75, 3.05) is 17.2 Å². The van der Waals surface area contributed by atoms with E-state index in [1.807, 2.05) is 31.2 Å². The number of rotatable bonds is 3. The van der Waals surface area contributed by atoms with Gasteiger partial charge in [-0.3, -0.25) is 4.90 Å². The van der Waals surface area contributed by atoms with Crippen LogP contribution in [0.25, 0.3) is 0 Å². The van der Waals surface area contributed by atoms with Crippen LogP contribution in [-0.4, -0.2) is 18.6 Å². The third-order valence-corrected chi connectivity index (χ3v) is 3.18. The van der Waals surface area contributed by atoms with E-state index < -0.39 is 0 Å². The van der Waals surface area contributed by atoms with Gasteiger partial charge in [0.1, 0.15) is 0 Å². The Morgan fingerprint density at radius 3 is 2.82 bits per heavy atom. The Labute approximate surface area is 102 Å². The Kier molecular flexibility index (Phi) is 3.52. The quantitative estimate of drug-likeness (QED) is 0.787. The number of anilines is 2. The number of nitrogens with two attached hydrogens (primary N) is 1. The summed E-state index contributed by atoms with van der Waals surface area (Å²) in [5.41, 5.74) is 7.26. The molecule has 0 unspecified atom stereocenters. The third kappa shape index (κ3) is 2.70. The summed E-state index contributed by atoms with van der Waals surface area (Å²) in [5.74, 6) is 0. The Morgan fingerprint density at radius 2 is 2.29 bits per heavy atom. The Hall–Kier alpha value is -1.71. The molecule has 1 aromatic rings. The van der Waals surface area contributed by atoms with Crippen LogP contribution in [-0.2, 0) is 0 Å². The number of nitrogen functional groups attached to an aromatic ring is 1. The fraction of sp³-hybridized carbons (Fsp3) is 0.462. The number of urea groups is 1. The molecule has 17 heavy (non-hydrogen) atoms. The van der Waals surface area contributed by atoms with Crippen LogP contribution in [0, 0.1) is 0 Å². The van der Waals surface area contributed by atoms with Crippen molar-refractivity contribution in [2.45, 2.75) is 32.2 Å². The molecule has 1 fully saturated rings. The lowest BCUT2D eigenvalue weighted by atomic mass is 9.93. The zero-order chi connectivity index (χ0) is 12.3. The molecule has 2 rings (SSSR count). The van der Waals surface area contributed by atoms with E-state index in [1.54, 1.807) is 4.90 Å². The average Bonchev–Trinajstić information content (AvgIpc) is 2.25. The largest absolute Gasteiger partial charge is 0.399 e. The summed E-state index contributed by atoms with van der Waals surface area (Å²) in [5, 5.41) is 3.03. The summed E-state index contributed by atoms with van der Waals surface area (Å²) < 4.78 is 0. The van der Waals surface area contributed by atoms with Crippen LogP contribution in [0.15, 0.2) is 24.3 Å². The van der Waals surface area contributed by atoms with Gasteiger partial charge in [0.15, 0.2) is 0 Å². The standard InChI is InChI=1S/C13H19N3O/c1-2-16(12-8-3-5-10(14)9-12)13(17)15-11-6-4-7-11/h3,5,8-9,11H,2,4,6-7,14H2,1H3,(H,15,17). The van der Waals surface area contributed by atoms with Crippen molar-refractivity contribution < 1.29 is 4.79 Å². The summed E-state index contributed by atoms with van der Waals surface area (Å²) in [6.45, 7) is 2.60. The third-order valence-electron chi connectivity index (χ3n) is 3.18. The van der Waals surface area contributed by atoms with Crippen LogP contribution in [0.5, 0.6) is 0 Å². The van der Waals surface area contributed by atoms with E-state index in [0.29, 0.717) is 18.3 Å². The minimum Gasteiger partial charge on any atom is -0.399 e. The number of carbonyl (C=O) groups excluding carboxylic acids is 1.